The van der Waals surface area contributed by atoms with Crippen LogP contribution in [0.15, 0.2) is 24.3 Å². The van der Waals surface area contributed by atoms with Crippen LogP contribution in [-0.4, -0.2) is 36.3 Å². The Morgan fingerprint density at radius 3 is 3.00 bits per heavy atom. The third kappa shape index (κ3) is 4.09. The molecule has 1 N–H and O–H groups in total. The summed E-state index contributed by atoms with van der Waals surface area (Å²) in [5, 5.41) is 2.78. The normalized spacial score (nSPS) is 15.8. The van der Waals surface area contributed by atoms with Crippen LogP contribution in [0.25, 0.3) is 0 Å². The number of amides is 2. The van der Waals surface area contributed by atoms with Crippen molar-refractivity contribution >= 4 is 11.8 Å². The number of aryl methyl sites for hydroxylation is 2. The van der Waals surface area contributed by atoms with E-state index in [1.165, 1.54) is 11.1 Å². The summed E-state index contributed by atoms with van der Waals surface area (Å²) in [6, 6.07) is 8.23. The monoisotopic (exact) mass is 260 g/mol. The first-order valence-electron chi connectivity index (χ1n) is 6.75. The number of hydrogen-bond acceptors (Lipinski definition) is 2. The van der Waals surface area contributed by atoms with Gasteiger partial charge in [-0.3, -0.25) is 9.59 Å². The molecule has 0 unspecified atom stereocenters. The summed E-state index contributed by atoms with van der Waals surface area (Å²) in [5.41, 5.74) is 2.41. The minimum atomic E-state index is 0.0361. The van der Waals surface area contributed by atoms with Crippen molar-refractivity contribution in [1.82, 2.24) is 10.2 Å². The zero-order chi connectivity index (χ0) is 13.7. The highest BCUT2D eigenvalue weighted by Gasteiger charge is 2.17. The second-order valence-electron chi connectivity index (χ2n) is 4.97. The summed E-state index contributed by atoms with van der Waals surface area (Å²) in [7, 11) is 0. The van der Waals surface area contributed by atoms with Gasteiger partial charge in [0.1, 0.15) is 0 Å². The van der Waals surface area contributed by atoms with Gasteiger partial charge >= 0.3 is 0 Å². The van der Waals surface area contributed by atoms with E-state index in [0.717, 1.165) is 6.42 Å². The zero-order valence-electron chi connectivity index (χ0n) is 11.3. The highest BCUT2D eigenvalue weighted by atomic mass is 16.2. The molecular weight excluding hydrogens is 240 g/mol. The Morgan fingerprint density at radius 2 is 2.21 bits per heavy atom. The Balaban J connectivity index is 1.85. The fourth-order valence-electron chi connectivity index (χ4n) is 2.29. The second kappa shape index (κ2) is 6.36. The van der Waals surface area contributed by atoms with Gasteiger partial charge in [-0.25, -0.2) is 0 Å². The average Bonchev–Trinajstić information content (AvgIpc) is 2.61. The molecule has 2 amide bonds. The number of nitrogens with zero attached hydrogens (tertiary/aromatic N) is 1. The average molecular weight is 260 g/mol. The smallest absolute Gasteiger partial charge is 0.222 e. The van der Waals surface area contributed by atoms with Gasteiger partial charge in [0.15, 0.2) is 0 Å². The number of carbonyl (C=O) groups is 2. The van der Waals surface area contributed by atoms with Crippen molar-refractivity contribution in [3.05, 3.63) is 35.4 Å². The van der Waals surface area contributed by atoms with Gasteiger partial charge in [-0.05, 0) is 18.9 Å². The fraction of sp³-hybridized carbons (Fsp3) is 0.467. The van der Waals surface area contributed by atoms with Crippen LogP contribution in [-0.2, 0) is 16.0 Å². The third-order valence-electron chi connectivity index (χ3n) is 3.38. The maximum absolute atomic E-state index is 12.1. The molecule has 0 aliphatic carbocycles. The molecule has 0 saturated carbocycles. The van der Waals surface area contributed by atoms with Gasteiger partial charge in [0.2, 0.25) is 11.8 Å². The van der Waals surface area contributed by atoms with Crippen molar-refractivity contribution in [1.29, 1.82) is 0 Å². The molecule has 0 atom stereocenters. The van der Waals surface area contributed by atoms with E-state index in [2.05, 4.69) is 24.4 Å². The molecule has 4 nitrogen and oxygen atoms in total. The fourth-order valence-corrected chi connectivity index (χ4v) is 2.29. The van der Waals surface area contributed by atoms with Gasteiger partial charge in [0, 0.05) is 32.5 Å². The van der Waals surface area contributed by atoms with Gasteiger partial charge in [0.05, 0.1) is 0 Å². The van der Waals surface area contributed by atoms with Crippen molar-refractivity contribution in [3.63, 3.8) is 0 Å². The first-order chi connectivity index (χ1) is 9.15. The van der Waals surface area contributed by atoms with Crippen LogP contribution in [0.4, 0.5) is 0 Å². The van der Waals surface area contributed by atoms with Crippen molar-refractivity contribution in [2.45, 2.75) is 26.2 Å². The van der Waals surface area contributed by atoms with Crippen molar-refractivity contribution < 1.29 is 9.59 Å². The Labute approximate surface area is 113 Å². The van der Waals surface area contributed by atoms with Crippen LogP contribution in [0, 0.1) is 6.92 Å². The molecule has 1 aromatic rings. The lowest BCUT2D eigenvalue weighted by Crippen LogP contribution is -2.34. The topological polar surface area (TPSA) is 49.4 Å². The van der Waals surface area contributed by atoms with Crippen molar-refractivity contribution in [2.24, 2.45) is 0 Å². The summed E-state index contributed by atoms with van der Waals surface area (Å²) in [6.45, 7) is 3.78. The van der Waals surface area contributed by atoms with Gasteiger partial charge in [-0.15, -0.1) is 0 Å². The number of nitrogens with one attached hydrogen (secondary N) is 1. The van der Waals surface area contributed by atoms with Crippen molar-refractivity contribution in [3.8, 4) is 0 Å². The first-order valence-corrected chi connectivity index (χ1v) is 6.75. The molecule has 1 heterocycles. The van der Waals surface area contributed by atoms with E-state index in [-0.39, 0.29) is 11.8 Å². The third-order valence-corrected chi connectivity index (χ3v) is 3.38. The molecule has 1 fully saturated rings. The second-order valence-corrected chi connectivity index (χ2v) is 4.97. The van der Waals surface area contributed by atoms with Crippen LogP contribution < -0.4 is 5.32 Å². The maximum Gasteiger partial charge on any atom is 0.222 e. The number of benzene rings is 1. The summed E-state index contributed by atoms with van der Waals surface area (Å²) in [5.74, 6) is 0.173. The molecule has 1 aliphatic heterocycles. The lowest BCUT2D eigenvalue weighted by atomic mass is 10.1. The molecule has 1 saturated heterocycles. The molecule has 0 aromatic heterocycles. The lowest BCUT2D eigenvalue weighted by molar-refractivity contribution is -0.131. The van der Waals surface area contributed by atoms with Gasteiger partial charge in [0.25, 0.3) is 0 Å². The molecule has 102 valence electrons. The van der Waals surface area contributed by atoms with E-state index in [4.69, 9.17) is 0 Å². The molecule has 4 heteroatoms. The summed E-state index contributed by atoms with van der Waals surface area (Å²) < 4.78 is 0. The Bertz CT molecular complexity index is 471. The Hall–Kier alpha value is -1.84. The van der Waals surface area contributed by atoms with Gasteiger partial charge in [-0.2, -0.15) is 0 Å². The molecule has 0 bridgehead atoms. The van der Waals surface area contributed by atoms with E-state index in [1.54, 1.807) is 4.90 Å². The van der Waals surface area contributed by atoms with Crippen LogP contribution in [0.1, 0.15) is 24.0 Å². The minimum Gasteiger partial charge on any atom is -0.354 e. The summed E-state index contributed by atoms with van der Waals surface area (Å²) in [4.78, 5) is 25.1. The lowest BCUT2D eigenvalue weighted by Gasteiger charge is -2.19. The van der Waals surface area contributed by atoms with Gasteiger partial charge < -0.3 is 10.2 Å². The predicted molar refractivity (Wildman–Crippen MR) is 73.7 cm³/mol. The molecular formula is C15H20N2O2. The van der Waals surface area contributed by atoms with E-state index < -0.39 is 0 Å². The molecule has 0 spiro atoms. The molecule has 0 radical (unpaired) electrons. The highest BCUT2D eigenvalue weighted by Crippen LogP contribution is 2.08. The zero-order valence-corrected chi connectivity index (χ0v) is 11.3. The molecule has 1 aromatic carbocycles. The maximum atomic E-state index is 12.1. The first kappa shape index (κ1) is 13.6. The summed E-state index contributed by atoms with van der Waals surface area (Å²) >= 11 is 0. The van der Waals surface area contributed by atoms with Crippen LogP contribution >= 0.6 is 0 Å². The minimum absolute atomic E-state index is 0.0361. The quantitative estimate of drug-likeness (QED) is 0.890. The van der Waals surface area contributed by atoms with E-state index in [1.807, 2.05) is 12.1 Å². The highest BCUT2D eigenvalue weighted by molar-refractivity contribution is 5.80. The van der Waals surface area contributed by atoms with Crippen LogP contribution in [0.5, 0.6) is 0 Å². The largest absolute Gasteiger partial charge is 0.354 e. The summed E-state index contributed by atoms with van der Waals surface area (Å²) in [6.07, 6.45) is 1.69. The number of rotatable bonds is 3. The number of hydrogen-bond donors (Lipinski definition) is 1. The standard InChI is InChI=1S/C15H20N2O2/c1-12-3-2-4-13(11-12)5-6-15(19)17-9-7-14(18)16-8-10-17/h2-4,11H,5-10H2,1H3,(H,16,18). The van der Waals surface area contributed by atoms with Crippen LogP contribution in [0.2, 0.25) is 0 Å². The van der Waals surface area contributed by atoms with Crippen LogP contribution in [0.3, 0.4) is 0 Å². The van der Waals surface area contributed by atoms with E-state index in [9.17, 15) is 9.59 Å². The van der Waals surface area contributed by atoms with Gasteiger partial charge in [-0.1, -0.05) is 29.8 Å². The van der Waals surface area contributed by atoms with E-state index >= 15 is 0 Å². The Morgan fingerprint density at radius 1 is 1.37 bits per heavy atom. The predicted octanol–water partition coefficient (Wildman–Crippen LogP) is 1.28. The van der Waals surface area contributed by atoms with Crippen molar-refractivity contribution in [2.75, 3.05) is 19.6 Å². The van der Waals surface area contributed by atoms with E-state index in [0.29, 0.717) is 32.5 Å². The number of carbonyl (C=O) groups excluding carboxylic acids is 2. The molecule has 19 heavy (non-hydrogen) atoms. The Kier molecular flexibility index (Phi) is 4.55. The molecule has 2 rings (SSSR count). The SMILES string of the molecule is Cc1cccc(CCC(=O)N2CCNC(=O)CC2)c1. The molecule has 1 aliphatic rings.